The lowest BCUT2D eigenvalue weighted by Crippen LogP contribution is -2.39. The number of hydrogen-bond donors (Lipinski definition) is 1. The molecule has 2 amide bonds. The number of aryl methyl sites for hydroxylation is 1. The summed E-state index contributed by atoms with van der Waals surface area (Å²) in [6.45, 7) is 2.48. The zero-order valence-corrected chi connectivity index (χ0v) is 15.3. The fraction of sp³-hybridized carbons (Fsp3) is 0.316. The van der Waals surface area contributed by atoms with Crippen LogP contribution in [0.15, 0.2) is 36.4 Å². The maximum absolute atomic E-state index is 12.2. The molecule has 0 spiro atoms. The Labute approximate surface area is 155 Å². The van der Waals surface area contributed by atoms with Crippen molar-refractivity contribution in [1.29, 1.82) is 0 Å². The Morgan fingerprint density at radius 3 is 2.65 bits per heavy atom. The molecule has 0 saturated heterocycles. The van der Waals surface area contributed by atoms with Crippen LogP contribution in [-0.2, 0) is 27.3 Å². The molecule has 0 fully saturated rings. The summed E-state index contributed by atoms with van der Waals surface area (Å²) in [5.74, 6) is -1.18. The first-order valence-corrected chi connectivity index (χ1v) is 9.19. The van der Waals surface area contributed by atoms with E-state index < -0.39 is 5.97 Å². The number of carbonyl (C=O) groups excluding carboxylic acids is 3. The Hall–Kier alpha value is -2.67. The number of ether oxygens (including phenoxy) is 1. The van der Waals surface area contributed by atoms with Crippen molar-refractivity contribution in [3.8, 4) is 0 Å². The average molecular weight is 372 g/mol. The highest BCUT2D eigenvalue weighted by Crippen LogP contribution is 2.18. The average Bonchev–Trinajstić information content (AvgIpc) is 3.10. The van der Waals surface area contributed by atoms with Crippen molar-refractivity contribution in [3.05, 3.63) is 57.3 Å². The van der Waals surface area contributed by atoms with E-state index in [1.54, 1.807) is 11.0 Å². The van der Waals surface area contributed by atoms with Crippen molar-refractivity contribution in [3.63, 3.8) is 0 Å². The van der Waals surface area contributed by atoms with Crippen LogP contribution in [0.4, 0.5) is 0 Å². The predicted molar refractivity (Wildman–Crippen MR) is 97.9 cm³/mol. The molecule has 1 aromatic carbocycles. The van der Waals surface area contributed by atoms with Gasteiger partial charge in [0.1, 0.15) is 6.54 Å². The number of nitrogens with zero attached hydrogens (tertiary/aromatic N) is 1. The number of nitrogens with one attached hydrogen (secondary N) is 1. The van der Waals surface area contributed by atoms with E-state index in [4.69, 9.17) is 4.74 Å². The van der Waals surface area contributed by atoms with Crippen molar-refractivity contribution in [2.45, 2.75) is 19.9 Å². The Morgan fingerprint density at radius 2 is 1.92 bits per heavy atom. The van der Waals surface area contributed by atoms with Crippen molar-refractivity contribution < 1.29 is 19.1 Å². The van der Waals surface area contributed by atoms with Gasteiger partial charge in [0.05, 0.1) is 4.88 Å². The maximum atomic E-state index is 12.2. The monoisotopic (exact) mass is 372 g/mol. The molecule has 1 aromatic heterocycles. The molecule has 0 bridgehead atoms. The second kappa shape index (κ2) is 8.14. The molecular weight excluding hydrogens is 352 g/mol. The summed E-state index contributed by atoms with van der Waals surface area (Å²) in [6, 6.07) is 11.6. The van der Waals surface area contributed by atoms with E-state index in [1.165, 1.54) is 16.9 Å². The van der Waals surface area contributed by atoms with Crippen LogP contribution in [0.1, 0.15) is 25.7 Å². The quantitative estimate of drug-likeness (QED) is 0.814. The van der Waals surface area contributed by atoms with Crippen LogP contribution in [0.2, 0.25) is 0 Å². The molecule has 1 aliphatic rings. The lowest BCUT2D eigenvalue weighted by molar-refractivity contribution is -0.151. The molecule has 3 rings (SSSR count). The largest absolute Gasteiger partial charge is 0.454 e. The molecule has 0 aliphatic carbocycles. The van der Waals surface area contributed by atoms with Crippen LogP contribution in [0, 0.1) is 6.92 Å². The predicted octanol–water partition coefficient (Wildman–Crippen LogP) is 1.91. The summed E-state index contributed by atoms with van der Waals surface area (Å²) in [7, 11) is 0. The number of amides is 2. The van der Waals surface area contributed by atoms with Crippen LogP contribution < -0.4 is 5.32 Å². The van der Waals surface area contributed by atoms with E-state index >= 15 is 0 Å². The Kier molecular flexibility index (Phi) is 5.68. The summed E-state index contributed by atoms with van der Waals surface area (Å²) in [6.07, 6.45) is 0.798. The normalized spacial score (nSPS) is 13.0. The summed E-state index contributed by atoms with van der Waals surface area (Å²) < 4.78 is 5.00. The first-order chi connectivity index (χ1) is 12.5. The molecule has 0 atom stereocenters. The fourth-order valence-electron chi connectivity index (χ4n) is 2.79. The smallest absolute Gasteiger partial charge is 0.325 e. The van der Waals surface area contributed by atoms with Crippen LogP contribution in [-0.4, -0.2) is 42.4 Å². The van der Waals surface area contributed by atoms with Gasteiger partial charge in [-0.1, -0.05) is 24.3 Å². The van der Waals surface area contributed by atoms with Gasteiger partial charge in [-0.3, -0.25) is 14.4 Å². The van der Waals surface area contributed by atoms with Gasteiger partial charge in [-0.05, 0) is 36.6 Å². The summed E-state index contributed by atoms with van der Waals surface area (Å²) >= 11 is 1.35. The summed E-state index contributed by atoms with van der Waals surface area (Å²) in [5.41, 5.74) is 2.37. The molecular formula is C19H20N2O4S. The number of fused-ring (bicyclic) bond motifs is 1. The van der Waals surface area contributed by atoms with Crippen LogP contribution >= 0.6 is 11.3 Å². The van der Waals surface area contributed by atoms with Crippen molar-refractivity contribution >= 4 is 29.1 Å². The van der Waals surface area contributed by atoms with Crippen molar-refractivity contribution in [2.75, 3.05) is 19.7 Å². The second-order valence-electron chi connectivity index (χ2n) is 6.09. The maximum Gasteiger partial charge on any atom is 0.325 e. The lowest BCUT2D eigenvalue weighted by atomic mass is 10.00. The van der Waals surface area contributed by atoms with E-state index in [0.29, 0.717) is 18.0 Å². The fourth-order valence-corrected chi connectivity index (χ4v) is 3.57. The van der Waals surface area contributed by atoms with Crippen LogP contribution in [0.3, 0.4) is 0 Å². The third-order valence-electron chi connectivity index (χ3n) is 4.20. The lowest BCUT2D eigenvalue weighted by Gasteiger charge is -2.28. The number of thiophene rings is 1. The zero-order valence-electron chi connectivity index (χ0n) is 14.5. The highest BCUT2D eigenvalue weighted by atomic mass is 32.1. The van der Waals surface area contributed by atoms with E-state index in [2.05, 4.69) is 11.4 Å². The van der Waals surface area contributed by atoms with Gasteiger partial charge >= 0.3 is 5.97 Å². The zero-order chi connectivity index (χ0) is 18.5. The minimum Gasteiger partial charge on any atom is -0.454 e. The van der Waals surface area contributed by atoms with Crippen LogP contribution in [0.5, 0.6) is 0 Å². The van der Waals surface area contributed by atoms with Gasteiger partial charge in [-0.2, -0.15) is 0 Å². The van der Waals surface area contributed by atoms with Crippen molar-refractivity contribution in [1.82, 2.24) is 10.2 Å². The Morgan fingerprint density at radius 1 is 1.15 bits per heavy atom. The highest BCUT2D eigenvalue weighted by Gasteiger charge is 2.21. The number of benzene rings is 1. The molecule has 1 aliphatic heterocycles. The molecule has 26 heavy (non-hydrogen) atoms. The Balaban J connectivity index is 1.42. The molecule has 7 heteroatoms. The van der Waals surface area contributed by atoms with Gasteiger partial charge < -0.3 is 15.0 Å². The number of carbonyl (C=O) groups is 3. The molecule has 2 aromatic rings. The molecule has 0 radical (unpaired) electrons. The summed E-state index contributed by atoms with van der Waals surface area (Å²) in [4.78, 5) is 39.1. The second-order valence-corrected chi connectivity index (χ2v) is 7.38. The van der Waals surface area contributed by atoms with E-state index in [0.717, 1.165) is 16.9 Å². The molecule has 0 saturated carbocycles. The number of rotatable bonds is 5. The topological polar surface area (TPSA) is 75.7 Å². The number of hydrogen-bond acceptors (Lipinski definition) is 5. The van der Waals surface area contributed by atoms with Gasteiger partial charge in [-0.15, -0.1) is 11.3 Å². The van der Waals surface area contributed by atoms with E-state index in [1.807, 2.05) is 31.2 Å². The van der Waals surface area contributed by atoms with Gasteiger partial charge in [0.2, 0.25) is 0 Å². The molecule has 136 valence electrons. The van der Waals surface area contributed by atoms with Gasteiger partial charge in [0.15, 0.2) is 6.61 Å². The third kappa shape index (κ3) is 4.49. The minimum atomic E-state index is -0.627. The number of esters is 1. The van der Waals surface area contributed by atoms with Gasteiger partial charge in [-0.25, -0.2) is 0 Å². The molecule has 6 nitrogen and oxygen atoms in total. The van der Waals surface area contributed by atoms with E-state index in [9.17, 15) is 14.4 Å². The van der Waals surface area contributed by atoms with Crippen molar-refractivity contribution in [2.24, 2.45) is 0 Å². The molecule has 1 N–H and O–H groups in total. The van der Waals surface area contributed by atoms with E-state index in [-0.39, 0.29) is 25.0 Å². The standard InChI is InChI=1S/C19H20N2O4S/c1-13-6-7-16(26-13)19(24)20-10-18(23)25-12-17(22)21-9-8-14-4-2-3-5-15(14)11-21/h2-7H,8-12H2,1H3,(H,20,24). The van der Waals surface area contributed by atoms with Gasteiger partial charge in [0, 0.05) is 18.0 Å². The highest BCUT2D eigenvalue weighted by molar-refractivity contribution is 7.13. The van der Waals surface area contributed by atoms with Crippen LogP contribution in [0.25, 0.3) is 0 Å². The first kappa shape index (κ1) is 18.1. The Bertz CT molecular complexity index is 830. The first-order valence-electron chi connectivity index (χ1n) is 8.38. The molecule has 0 unspecified atom stereocenters. The van der Waals surface area contributed by atoms with Gasteiger partial charge in [0.25, 0.3) is 11.8 Å². The SMILES string of the molecule is Cc1ccc(C(=O)NCC(=O)OCC(=O)N2CCc3ccccc3C2)s1. The third-order valence-corrected chi connectivity index (χ3v) is 5.20. The molecule has 2 heterocycles. The summed E-state index contributed by atoms with van der Waals surface area (Å²) in [5, 5.41) is 2.50. The minimum absolute atomic E-state index is 0.229.